The number of unbranched alkanes of at least 4 members (excludes halogenated alkanes) is 4. The fourth-order valence-electron chi connectivity index (χ4n) is 8.09. The summed E-state index contributed by atoms with van der Waals surface area (Å²) in [6.45, 7) is 4.65. The molecule has 0 radical (unpaired) electrons. The molecule has 0 heterocycles. The zero-order valence-electron chi connectivity index (χ0n) is 24.8. The number of rotatable bonds is 14. The number of benzene rings is 1. The standard InChI is InChI=1S/C37H60/c1-3-5-7-11-31-16-24-35(25-17-31)37-28-20-33(21-29-37)13-9-8-12-32-18-26-36(27-19-32)34-22-14-30(15-23-34)10-6-4-2/h16,18-19,24,26-27,30-31,33-35,37H,3-15,17,20-23,25,28-29H2,1-2H3. The van der Waals surface area contributed by atoms with E-state index in [9.17, 15) is 0 Å². The van der Waals surface area contributed by atoms with Gasteiger partial charge in [0.15, 0.2) is 0 Å². The van der Waals surface area contributed by atoms with Gasteiger partial charge in [-0.05, 0) is 117 Å². The molecule has 208 valence electrons. The minimum Gasteiger partial charge on any atom is -0.0851 e. The average molecular weight is 505 g/mol. The van der Waals surface area contributed by atoms with Crippen LogP contribution in [0.4, 0.5) is 0 Å². The number of hydrogen-bond donors (Lipinski definition) is 0. The lowest BCUT2D eigenvalue weighted by Gasteiger charge is -2.35. The second kappa shape index (κ2) is 16.2. The normalized spacial score (nSPS) is 30.4. The molecule has 2 fully saturated rings. The fourth-order valence-corrected chi connectivity index (χ4v) is 8.09. The zero-order chi connectivity index (χ0) is 25.7. The Morgan fingerprint density at radius 3 is 1.86 bits per heavy atom. The Labute approximate surface area is 231 Å². The van der Waals surface area contributed by atoms with Crippen molar-refractivity contribution < 1.29 is 0 Å². The highest BCUT2D eigenvalue weighted by atomic mass is 14.3. The second-order valence-electron chi connectivity index (χ2n) is 13.5. The van der Waals surface area contributed by atoms with Gasteiger partial charge in [0.25, 0.3) is 0 Å². The van der Waals surface area contributed by atoms with Crippen molar-refractivity contribution in [2.75, 3.05) is 0 Å². The minimum atomic E-state index is 0.832. The van der Waals surface area contributed by atoms with Crippen LogP contribution in [0.2, 0.25) is 0 Å². The van der Waals surface area contributed by atoms with Crippen LogP contribution < -0.4 is 0 Å². The first-order valence-corrected chi connectivity index (χ1v) is 17.0. The minimum absolute atomic E-state index is 0.832. The van der Waals surface area contributed by atoms with E-state index >= 15 is 0 Å². The Balaban J connectivity index is 1.07. The Kier molecular flexibility index (Phi) is 12.6. The highest BCUT2D eigenvalue weighted by molar-refractivity contribution is 5.26. The summed E-state index contributed by atoms with van der Waals surface area (Å²) in [7, 11) is 0. The predicted molar refractivity (Wildman–Crippen MR) is 163 cm³/mol. The van der Waals surface area contributed by atoms with Crippen LogP contribution in [-0.2, 0) is 6.42 Å². The molecular weight excluding hydrogens is 444 g/mol. The molecule has 0 heteroatoms. The third-order valence-electron chi connectivity index (χ3n) is 10.8. The van der Waals surface area contributed by atoms with Gasteiger partial charge in [0.05, 0.1) is 0 Å². The Morgan fingerprint density at radius 1 is 0.568 bits per heavy atom. The van der Waals surface area contributed by atoms with Crippen LogP contribution in [-0.4, -0.2) is 0 Å². The fraction of sp³-hybridized carbons (Fsp3) is 0.784. The Hall–Kier alpha value is -1.04. The molecule has 0 spiro atoms. The van der Waals surface area contributed by atoms with E-state index in [0.29, 0.717) is 0 Å². The molecule has 0 bridgehead atoms. The SMILES string of the molecule is CCCCCC1C=CC(C2CCC(CCCCc3ccc(C4CCC(CCCC)CC4)cc3)CC2)CC1. The molecule has 4 rings (SSSR count). The first-order chi connectivity index (χ1) is 18.2. The van der Waals surface area contributed by atoms with Crippen LogP contribution >= 0.6 is 0 Å². The summed E-state index contributed by atoms with van der Waals surface area (Å²) in [6.07, 6.45) is 35.5. The molecule has 2 unspecified atom stereocenters. The van der Waals surface area contributed by atoms with E-state index in [1.807, 2.05) is 0 Å². The quantitative estimate of drug-likeness (QED) is 0.174. The van der Waals surface area contributed by atoms with Gasteiger partial charge in [-0.15, -0.1) is 0 Å². The van der Waals surface area contributed by atoms with Gasteiger partial charge in [0.1, 0.15) is 0 Å². The van der Waals surface area contributed by atoms with Crippen LogP contribution in [0.3, 0.4) is 0 Å². The van der Waals surface area contributed by atoms with E-state index in [-0.39, 0.29) is 0 Å². The molecular formula is C37H60. The highest BCUT2D eigenvalue weighted by Crippen LogP contribution is 2.41. The summed E-state index contributed by atoms with van der Waals surface area (Å²) >= 11 is 0. The van der Waals surface area contributed by atoms with Gasteiger partial charge in [0.2, 0.25) is 0 Å². The molecule has 0 aromatic heterocycles. The van der Waals surface area contributed by atoms with Crippen molar-refractivity contribution in [3.8, 4) is 0 Å². The molecule has 3 aliphatic carbocycles. The van der Waals surface area contributed by atoms with Crippen molar-refractivity contribution in [3.05, 3.63) is 47.5 Å². The van der Waals surface area contributed by atoms with E-state index in [1.54, 1.807) is 11.1 Å². The lowest BCUT2D eigenvalue weighted by molar-refractivity contribution is 0.202. The average Bonchev–Trinajstić information content (AvgIpc) is 2.96. The summed E-state index contributed by atoms with van der Waals surface area (Å²) in [5, 5.41) is 0. The van der Waals surface area contributed by atoms with Crippen LogP contribution in [0.5, 0.6) is 0 Å². The molecule has 2 saturated carbocycles. The van der Waals surface area contributed by atoms with Crippen LogP contribution in [0.25, 0.3) is 0 Å². The van der Waals surface area contributed by atoms with Gasteiger partial charge < -0.3 is 0 Å². The molecule has 37 heavy (non-hydrogen) atoms. The molecule has 0 saturated heterocycles. The predicted octanol–water partition coefficient (Wildman–Crippen LogP) is 11.8. The summed E-state index contributed by atoms with van der Waals surface area (Å²) in [4.78, 5) is 0. The van der Waals surface area contributed by atoms with E-state index in [2.05, 4.69) is 50.3 Å². The maximum absolute atomic E-state index is 2.65. The van der Waals surface area contributed by atoms with Crippen LogP contribution in [0.15, 0.2) is 36.4 Å². The summed E-state index contributed by atoms with van der Waals surface area (Å²) in [5.41, 5.74) is 3.19. The topological polar surface area (TPSA) is 0 Å². The van der Waals surface area contributed by atoms with E-state index < -0.39 is 0 Å². The lowest BCUT2D eigenvalue weighted by atomic mass is 9.71. The third-order valence-corrected chi connectivity index (χ3v) is 10.8. The Bertz CT molecular complexity index is 741. The van der Waals surface area contributed by atoms with Crippen molar-refractivity contribution >= 4 is 0 Å². The van der Waals surface area contributed by atoms with Crippen molar-refractivity contribution in [2.45, 2.75) is 155 Å². The number of aryl methyl sites for hydroxylation is 1. The van der Waals surface area contributed by atoms with Gasteiger partial charge in [-0.25, -0.2) is 0 Å². The highest BCUT2D eigenvalue weighted by Gasteiger charge is 2.28. The molecule has 1 aromatic carbocycles. The van der Waals surface area contributed by atoms with E-state index in [4.69, 9.17) is 0 Å². The summed E-state index contributed by atoms with van der Waals surface area (Å²) in [5.74, 6) is 5.66. The van der Waals surface area contributed by atoms with Gasteiger partial charge in [0, 0.05) is 0 Å². The smallest absolute Gasteiger partial charge is 0.0162 e. The zero-order valence-corrected chi connectivity index (χ0v) is 24.8. The number of allylic oxidation sites excluding steroid dienone is 2. The first kappa shape index (κ1) is 29.0. The third kappa shape index (κ3) is 9.58. The monoisotopic (exact) mass is 504 g/mol. The number of hydrogen-bond acceptors (Lipinski definition) is 0. The summed E-state index contributed by atoms with van der Waals surface area (Å²) < 4.78 is 0. The van der Waals surface area contributed by atoms with Gasteiger partial charge in [-0.2, -0.15) is 0 Å². The molecule has 0 aliphatic heterocycles. The van der Waals surface area contributed by atoms with Crippen LogP contribution in [0.1, 0.15) is 159 Å². The first-order valence-electron chi connectivity index (χ1n) is 17.0. The largest absolute Gasteiger partial charge is 0.0851 e. The molecule has 1 aromatic rings. The van der Waals surface area contributed by atoms with Crippen molar-refractivity contribution in [1.29, 1.82) is 0 Å². The van der Waals surface area contributed by atoms with Gasteiger partial charge >= 0.3 is 0 Å². The van der Waals surface area contributed by atoms with E-state index in [1.165, 1.54) is 135 Å². The van der Waals surface area contributed by atoms with Crippen molar-refractivity contribution in [3.63, 3.8) is 0 Å². The summed E-state index contributed by atoms with van der Waals surface area (Å²) in [6, 6.07) is 9.85. The molecule has 0 N–H and O–H groups in total. The molecule has 0 nitrogen and oxygen atoms in total. The van der Waals surface area contributed by atoms with Gasteiger partial charge in [-0.1, -0.05) is 114 Å². The van der Waals surface area contributed by atoms with E-state index in [0.717, 1.165) is 35.5 Å². The van der Waals surface area contributed by atoms with Crippen molar-refractivity contribution in [1.82, 2.24) is 0 Å². The maximum atomic E-state index is 2.65. The molecule has 2 atom stereocenters. The second-order valence-corrected chi connectivity index (χ2v) is 13.5. The Morgan fingerprint density at radius 2 is 1.22 bits per heavy atom. The van der Waals surface area contributed by atoms with Crippen LogP contribution in [0, 0.1) is 29.6 Å². The maximum Gasteiger partial charge on any atom is -0.0162 e. The molecule has 3 aliphatic rings. The van der Waals surface area contributed by atoms with Crippen molar-refractivity contribution in [2.24, 2.45) is 29.6 Å². The lowest BCUT2D eigenvalue weighted by Crippen LogP contribution is -2.23. The molecule has 0 amide bonds. The van der Waals surface area contributed by atoms with Gasteiger partial charge in [-0.3, -0.25) is 0 Å².